The Morgan fingerprint density at radius 3 is 2.60 bits per heavy atom. The summed E-state index contributed by atoms with van der Waals surface area (Å²) in [4.78, 5) is 43.8. The van der Waals surface area contributed by atoms with Gasteiger partial charge in [-0.1, -0.05) is 18.2 Å². The molecule has 0 aliphatic carbocycles. The number of nitrogens with one attached hydrogen (secondary N) is 1. The maximum Gasteiger partial charge on any atom is 0.325 e. The fourth-order valence-corrected chi connectivity index (χ4v) is 5.99. The van der Waals surface area contributed by atoms with Crippen molar-refractivity contribution in [1.82, 2.24) is 15.1 Å². The Kier molecular flexibility index (Phi) is 6.71. The number of piperidine rings is 1. The van der Waals surface area contributed by atoms with E-state index in [2.05, 4.69) is 5.32 Å². The average Bonchev–Trinajstić information content (AvgIpc) is 3.62. The Hall–Kier alpha value is -3.04. The lowest BCUT2D eigenvalue weighted by molar-refractivity contribution is -0.136. The quantitative estimate of drug-likeness (QED) is 0.490. The van der Waals surface area contributed by atoms with E-state index in [0.29, 0.717) is 45.6 Å². The molecule has 0 bridgehead atoms. The van der Waals surface area contributed by atoms with Gasteiger partial charge in [0.2, 0.25) is 5.91 Å². The summed E-state index contributed by atoms with van der Waals surface area (Å²) in [6.45, 7) is 1.86. The number of benzene rings is 1. The van der Waals surface area contributed by atoms with E-state index < -0.39 is 11.6 Å². The lowest BCUT2D eigenvalue weighted by atomic mass is 9.73. The number of carbonyl (C=O) groups excluding carboxylic acids is 3. The van der Waals surface area contributed by atoms with Crippen molar-refractivity contribution >= 4 is 35.3 Å². The van der Waals surface area contributed by atoms with Crippen molar-refractivity contribution in [3.63, 3.8) is 0 Å². The second kappa shape index (κ2) is 9.91. The van der Waals surface area contributed by atoms with E-state index in [1.165, 1.54) is 17.0 Å². The fraction of sp³-hybridized carbons (Fsp3) is 0.423. The van der Waals surface area contributed by atoms with Crippen molar-refractivity contribution in [1.29, 1.82) is 0 Å². The van der Waals surface area contributed by atoms with E-state index in [1.807, 2.05) is 23.6 Å². The van der Waals surface area contributed by atoms with Crippen LogP contribution in [-0.4, -0.2) is 65.5 Å². The van der Waals surface area contributed by atoms with Crippen LogP contribution in [0.3, 0.4) is 0 Å². The Labute approximate surface area is 207 Å². The molecule has 2 atom stereocenters. The summed E-state index contributed by atoms with van der Waals surface area (Å²) in [5, 5.41) is 5.00. The van der Waals surface area contributed by atoms with Crippen LogP contribution in [0.2, 0.25) is 0 Å². The number of likely N-dealkylation sites (tertiary alicyclic amines) is 1. The van der Waals surface area contributed by atoms with Crippen LogP contribution in [0.15, 0.2) is 47.9 Å². The molecule has 3 saturated heterocycles. The highest BCUT2D eigenvalue weighted by Crippen LogP contribution is 2.38. The molecule has 2 aromatic rings. The lowest BCUT2D eigenvalue weighted by Crippen LogP contribution is -2.58. The minimum absolute atomic E-state index is 0.0593. The maximum absolute atomic E-state index is 13.9. The minimum Gasteiger partial charge on any atom is -0.379 e. The number of halogens is 1. The van der Waals surface area contributed by atoms with Crippen molar-refractivity contribution in [3.05, 3.63) is 64.1 Å². The normalized spacial score (nSPS) is 25.6. The molecule has 0 saturated carbocycles. The number of imide groups is 1. The van der Waals surface area contributed by atoms with E-state index in [-0.39, 0.29) is 36.0 Å². The van der Waals surface area contributed by atoms with Gasteiger partial charge in [-0.15, -0.1) is 11.3 Å². The topological polar surface area (TPSA) is 79.0 Å². The Morgan fingerprint density at radius 2 is 1.94 bits per heavy atom. The van der Waals surface area contributed by atoms with Crippen LogP contribution in [0.1, 0.15) is 29.7 Å². The molecule has 184 valence electrons. The van der Waals surface area contributed by atoms with E-state index in [9.17, 15) is 18.8 Å². The van der Waals surface area contributed by atoms with Crippen LogP contribution in [0, 0.1) is 11.7 Å². The molecule has 1 aromatic heterocycles. The number of rotatable bonds is 6. The molecular weight excluding hydrogens is 469 g/mol. The molecular formula is C26H28FN3O4S. The summed E-state index contributed by atoms with van der Waals surface area (Å²) < 4.78 is 19.0. The van der Waals surface area contributed by atoms with Gasteiger partial charge in [0.25, 0.3) is 5.91 Å². The van der Waals surface area contributed by atoms with Gasteiger partial charge in [0.1, 0.15) is 11.4 Å². The summed E-state index contributed by atoms with van der Waals surface area (Å²) in [5.41, 5.74) is -0.346. The van der Waals surface area contributed by atoms with Crippen LogP contribution < -0.4 is 5.32 Å². The largest absolute Gasteiger partial charge is 0.379 e. The van der Waals surface area contributed by atoms with Crippen LogP contribution in [0.5, 0.6) is 0 Å². The zero-order valence-corrected chi connectivity index (χ0v) is 20.1. The van der Waals surface area contributed by atoms with Gasteiger partial charge in [-0.3, -0.25) is 14.5 Å². The maximum atomic E-state index is 13.9. The second-order valence-corrected chi connectivity index (χ2v) is 10.3. The zero-order valence-electron chi connectivity index (χ0n) is 19.3. The van der Waals surface area contributed by atoms with Gasteiger partial charge in [0, 0.05) is 37.1 Å². The second-order valence-electron chi connectivity index (χ2n) is 9.35. The molecule has 0 radical (unpaired) electrons. The summed E-state index contributed by atoms with van der Waals surface area (Å²) >= 11 is 1.57. The monoisotopic (exact) mass is 497 g/mol. The van der Waals surface area contributed by atoms with Crippen LogP contribution in [-0.2, 0) is 20.7 Å². The van der Waals surface area contributed by atoms with E-state index in [0.717, 1.165) is 10.4 Å². The standard InChI is InChI=1S/C26H28FN3O4S/c27-20-5-3-18(4-6-20)16-26(24(32)30(25(33)28-26)21-11-14-34-17-21)19-9-12-29(13-10-19)23(31)8-7-22-2-1-15-35-22/h1-8,15,19,21H,9-14,16-17H2,(H,28,33)/b8-7+. The van der Waals surface area contributed by atoms with Gasteiger partial charge >= 0.3 is 6.03 Å². The van der Waals surface area contributed by atoms with Crippen molar-refractivity contribution < 1.29 is 23.5 Å². The molecule has 3 fully saturated rings. The van der Waals surface area contributed by atoms with Gasteiger partial charge in [-0.2, -0.15) is 0 Å². The molecule has 1 aromatic carbocycles. The molecule has 3 aliphatic rings. The number of thiophene rings is 1. The average molecular weight is 498 g/mol. The molecule has 7 nitrogen and oxygen atoms in total. The predicted molar refractivity (Wildman–Crippen MR) is 130 cm³/mol. The molecule has 4 heterocycles. The van der Waals surface area contributed by atoms with Gasteiger partial charge in [-0.25, -0.2) is 9.18 Å². The zero-order chi connectivity index (χ0) is 24.4. The highest BCUT2D eigenvalue weighted by molar-refractivity contribution is 7.10. The van der Waals surface area contributed by atoms with Gasteiger partial charge < -0.3 is 15.0 Å². The number of hydrogen-bond acceptors (Lipinski definition) is 5. The number of carbonyl (C=O) groups is 3. The highest BCUT2D eigenvalue weighted by atomic mass is 32.1. The summed E-state index contributed by atoms with van der Waals surface area (Å²) in [5.74, 6) is -0.806. The highest BCUT2D eigenvalue weighted by Gasteiger charge is 2.57. The summed E-state index contributed by atoms with van der Waals surface area (Å²) in [7, 11) is 0. The predicted octanol–water partition coefficient (Wildman–Crippen LogP) is 3.46. The van der Waals surface area contributed by atoms with Gasteiger partial charge in [-0.05, 0) is 60.4 Å². The third kappa shape index (κ3) is 4.75. The molecule has 2 unspecified atom stereocenters. The molecule has 3 aliphatic heterocycles. The van der Waals surface area contributed by atoms with Crippen LogP contribution in [0.25, 0.3) is 6.08 Å². The number of amides is 4. The number of urea groups is 1. The smallest absolute Gasteiger partial charge is 0.325 e. The molecule has 4 amide bonds. The van der Waals surface area contributed by atoms with Crippen molar-refractivity contribution in [2.75, 3.05) is 26.3 Å². The van der Waals surface area contributed by atoms with Gasteiger partial charge in [0.15, 0.2) is 0 Å². The van der Waals surface area contributed by atoms with E-state index in [4.69, 9.17) is 4.74 Å². The first-order valence-electron chi connectivity index (χ1n) is 11.9. The van der Waals surface area contributed by atoms with Crippen LogP contribution in [0.4, 0.5) is 9.18 Å². The number of ether oxygens (including phenoxy) is 1. The lowest BCUT2D eigenvalue weighted by Gasteiger charge is -2.41. The van der Waals surface area contributed by atoms with Crippen molar-refractivity contribution in [3.8, 4) is 0 Å². The number of hydrogen-bond donors (Lipinski definition) is 1. The Morgan fingerprint density at radius 1 is 1.17 bits per heavy atom. The van der Waals surface area contributed by atoms with Gasteiger partial charge in [0.05, 0.1) is 12.6 Å². The Balaban J connectivity index is 1.35. The molecule has 0 spiro atoms. The molecule has 5 rings (SSSR count). The van der Waals surface area contributed by atoms with E-state index in [1.54, 1.807) is 34.4 Å². The number of nitrogens with zero attached hydrogens (tertiary/aromatic N) is 2. The first kappa shape index (κ1) is 23.7. The summed E-state index contributed by atoms with van der Waals surface area (Å²) in [6, 6.07) is 9.27. The molecule has 1 N–H and O–H groups in total. The minimum atomic E-state index is -1.13. The first-order valence-corrected chi connectivity index (χ1v) is 12.8. The Bertz CT molecular complexity index is 1110. The summed E-state index contributed by atoms with van der Waals surface area (Å²) in [6.07, 6.45) is 5.47. The molecule has 35 heavy (non-hydrogen) atoms. The van der Waals surface area contributed by atoms with E-state index >= 15 is 0 Å². The first-order chi connectivity index (χ1) is 17.0. The van der Waals surface area contributed by atoms with Crippen molar-refractivity contribution in [2.45, 2.75) is 37.3 Å². The fourth-order valence-electron chi connectivity index (χ4n) is 5.37. The van der Waals surface area contributed by atoms with Crippen molar-refractivity contribution in [2.24, 2.45) is 5.92 Å². The van der Waals surface area contributed by atoms with Crippen LogP contribution >= 0.6 is 11.3 Å². The third-order valence-electron chi connectivity index (χ3n) is 7.25. The molecule has 9 heteroatoms. The SMILES string of the molecule is O=C(/C=C/c1cccs1)N1CCC(C2(Cc3ccc(F)cc3)NC(=O)N(C3CCOC3)C2=O)CC1. The third-order valence-corrected chi connectivity index (χ3v) is 8.09.